The van der Waals surface area contributed by atoms with Gasteiger partial charge in [0.05, 0.1) is 6.33 Å². The molecule has 2 aromatic rings. The van der Waals surface area contributed by atoms with Gasteiger partial charge >= 0.3 is 0 Å². The van der Waals surface area contributed by atoms with Crippen LogP contribution < -0.4 is 5.32 Å². The molecule has 0 radical (unpaired) electrons. The summed E-state index contributed by atoms with van der Waals surface area (Å²) in [6.45, 7) is 4.01. The molecule has 0 saturated carbocycles. The van der Waals surface area contributed by atoms with Crippen LogP contribution >= 0.6 is 0 Å². The Morgan fingerprint density at radius 1 is 1.37 bits per heavy atom. The number of aryl methyl sites for hydroxylation is 1. The van der Waals surface area contributed by atoms with Crippen LogP contribution in [0.2, 0.25) is 0 Å². The largest absolute Gasteiger partial charge is 0.508 e. The number of hydrogen-bond acceptors (Lipinski definition) is 3. The second kappa shape index (κ2) is 6.95. The molecule has 2 rings (SSSR count). The van der Waals surface area contributed by atoms with E-state index in [-0.39, 0.29) is 6.04 Å². The number of nitrogens with zero attached hydrogens (tertiary/aromatic N) is 2. The van der Waals surface area contributed by atoms with Crippen molar-refractivity contribution in [3.63, 3.8) is 0 Å². The fourth-order valence-electron chi connectivity index (χ4n) is 2.21. The molecule has 19 heavy (non-hydrogen) atoms. The second-order valence-corrected chi connectivity index (χ2v) is 4.63. The van der Waals surface area contributed by atoms with Crippen molar-refractivity contribution in [1.29, 1.82) is 0 Å². The quantitative estimate of drug-likeness (QED) is 0.752. The summed E-state index contributed by atoms with van der Waals surface area (Å²) in [5, 5.41) is 13.4. The first-order chi connectivity index (χ1) is 9.31. The van der Waals surface area contributed by atoms with Crippen LogP contribution in [-0.4, -0.2) is 21.2 Å². The third-order valence-electron chi connectivity index (χ3n) is 3.26. The van der Waals surface area contributed by atoms with Crippen molar-refractivity contribution >= 4 is 0 Å². The molecule has 0 fully saturated rings. The molecule has 0 bridgehead atoms. The fraction of sp³-hybridized carbons (Fsp3) is 0.400. The molecule has 0 amide bonds. The average Bonchev–Trinajstić information content (AvgIpc) is 2.93. The highest BCUT2D eigenvalue weighted by Crippen LogP contribution is 2.25. The first-order valence-electron chi connectivity index (χ1n) is 6.78. The summed E-state index contributed by atoms with van der Waals surface area (Å²) in [5.74, 6) is 0.372. The lowest BCUT2D eigenvalue weighted by Crippen LogP contribution is -2.22. The van der Waals surface area contributed by atoms with Crippen LogP contribution in [0.25, 0.3) is 0 Å². The minimum atomic E-state index is 0.212. The Morgan fingerprint density at radius 2 is 2.21 bits per heavy atom. The number of nitrogens with one attached hydrogen (secondary N) is 1. The van der Waals surface area contributed by atoms with E-state index in [0.717, 1.165) is 31.5 Å². The minimum absolute atomic E-state index is 0.212. The van der Waals surface area contributed by atoms with Crippen molar-refractivity contribution in [1.82, 2.24) is 14.9 Å². The zero-order valence-electron chi connectivity index (χ0n) is 11.3. The van der Waals surface area contributed by atoms with Gasteiger partial charge in [-0.2, -0.15) is 0 Å². The molecule has 102 valence electrons. The lowest BCUT2D eigenvalue weighted by Gasteiger charge is -2.18. The van der Waals surface area contributed by atoms with Crippen LogP contribution in [0, 0.1) is 0 Å². The molecule has 0 aliphatic rings. The van der Waals surface area contributed by atoms with Gasteiger partial charge in [0.2, 0.25) is 0 Å². The van der Waals surface area contributed by atoms with E-state index in [1.165, 1.54) is 0 Å². The number of rotatable bonds is 7. The average molecular weight is 259 g/mol. The zero-order valence-corrected chi connectivity index (χ0v) is 11.3. The molecule has 1 heterocycles. The molecule has 2 N–H and O–H groups in total. The summed E-state index contributed by atoms with van der Waals surface area (Å²) < 4.78 is 2.07. The van der Waals surface area contributed by atoms with E-state index in [1.54, 1.807) is 12.3 Å². The number of phenols is 1. The van der Waals surface area contributed by atoms with Crippen LogP contribution in [0.5, 0.6) is 5.75 Å². The van der Waals surface area contributed by atoms with Crippen molar-refractivity contribution in [2.75, 3.05) is 6.54 Å². The molecule has 1 aromatic carbocycles. The fourth-order valence-corrected chi connectivity index (χ4v) is 2.21. The van der Waals surface area contributed by atoms with Gasteiger partial charge in [-0.25, -0.2) is 4.98 Å². The van der Waals surface area contributed by atoms with E-state index >= 15 is 0 Å². The van der Waals surface area contributed by atoms with Gasteiger partial charge in [0, 0.05) is 30.5 Å². The Balaban J connectivity index is 1.81. The van der Waals surface area contributed by atoms with Crippen molar-refractivity contribution in [3.8, 4) is 5.75 Å². The van der Waals surface area contributed by atoms with Crippen LogP contribution in [-0.2, 0) is 6.54 Å². The topological polar surface area (TPSA) is 50.1 Å². The van der Waals surface area contributed by atoms with Crippen LogP contribution in [0.4, 0.5) is 0 Å². The van der Waals surface area contributed by atoms with Gasteiger partial charge in [0.25, 0.3) is 0 Å². The third-order valence-corrected chi connectivity index (χ3v) is 3.26. The van der Waals surface area contributed by atoms with E-state index in [2.05, 4.69) is 21.8 Å². The number of para-hydroxylation sites is 1. The van der Waals surface area contributed by atoms with Gasteiger partial charge in [0.15, 0.2) is 0 Å². The molecule has 0 saturated heterocycles. The van der Waals surface area contributed by atoms with Gasteiger partial charge in [-0.05, 0) is 25.5 Å². The maximum absolute atomic E-state index is 9.87. The van der Waals surface area contributed by atoms with Crippen molar-refractivity contribution in [2.45, 2.75) is 32.4 Å². The number of aromatic nitrogens is 2. The molecule has 0 aliphatic heterocycles. The summed E-state index contributed by atoms with van der Waals surface area (Å²) in [5.41, 5.74) is 0.979. The minimum Gasteiger partial charge on any atom is -0.508 e. The normalized spacial score (nSPS) is 12.5. The van der Waals surface area contributed by atoms with E-state index in [0.29, 0.717) is 5.75 Å². The highest BCUT2D eigenvalue weighted by atomic mass is 16.3. The monoisotopic (exact) mass is 259 g/mol. The Labute approximate surface area is 114 Å². The SMILES string of the molecule is CCC(NCCCn1ccnc1)c1ccccc1O. The Morgan fingerprint density at radius 3 is 2.89 bits per heavy atom. The maximum Gasteiger partial charge on any atom is 0.120 e. The number of phenolic OH excluding ortho intramolecular Hbond substituents is 1. The highest BCUT2D eigenvalue weighted by Gasteiger charge is 2.11. The van der Waals surface area contributed by atoms with E-state index in [1.807, 2.05) is 30.7 Å². The number of benzene rings is 1. The predicted octanol–water partition coefficient (Wildman–Crippen LogP) is 2.72. The second-order valence-electron chi connectivity index (χ2n) is 4.63. The number of aromatic hydroxyl groups is 1. The van der Waals surface area contributed by atoms with Crippen LogP contribution in [0.15, 0.2) is 43.0 Å². The number of imidazole rings is 1. The maximum atomic E-state index is 9.87. The van der Waals surface area contributed by atoms with E-state index in [9.17, 15) is 5.11 Å². The van der Waals surface area contributed by atoms with Gasteiger partial charge in [0.1, 0.15) is 5.75 Å². The number of hydrogen-bond donors (Lipinski definition) is 2. The van der Waals surface area contributed by atoms with E-state index < -0.39 is 0 Å². The highest BCUT2D eigenvalue weighted by molar-refractivity contribution is 5.34. The van der Waals surface area contributed by atoms with Crippen molar-refractivity contribution < 1.29 is 5.11 Å². The molecule has 4 nitrogen and oxygen atoms in total. The van der Waals surface area contributed by atoms with Crippen molar-refractivity contribution in [3.05, 3.63) is 48.5 Å². The molecule has 1 unspecified atom stereocenters. The summed E-state index contributed by atoms with van der Waals surface area (Å²) in [4.78, 5) is 4.02. The smallest absolute Gasteiger partial charge is 0.120 e. The lowest BCUT2D eigenvalue weighted by molar-refractivity contribution is 0.436. The Kier molecular flexibility index (Phi) is 4.98. The summed E-state index contributed by atoms with van der Waals surface area (Å²) in [6.07, 6.45) is 7.61. The molecule has 1 aromatic heterocycles. The third kappa shape index (κ3) is 3.83. The summed E-state index contributed by atoms with van der Waals surface area (Å²) in [7, 11) is 0. The summed E-state index contributed by atoms with van der Waals surface area (Å²) in [6, 6.07) is 7.75. The molecule has 4 heteroatoms. The molecule has 0 aliphatic carbocycles. The summed E-state index contributed by atoms with van der Waals surface area (Å²) >= 11 is 0. The molecular formula is C15H21N3O. The molecular weight excluding hydrogens is 238 g/mol. The Bertz CT molecular complexity index is 482. The first-order valence-corrected chi connectivity index (χ1v) is 6.78. The zero-order chi connectivity index (χ0) is 13.5. The molecule has 1 atom stereocenters. The van der Waals surface area contributed by atoms with Crippen molar-refractivity contribution in [2.24, 2.45) is 0 Å². The Hall–Kier alpha value is -1.81. The van der Waals surface area contributed by atoms with Gasteiger partial charge in [-0.15, -0.1) is 0 Å². The standard InChI is InChI=1S/C15H21N3O/c1-2-14(13-6-3-4-7-15(13)19)17-8-5-10-18-11-9-16-12-18/h3-4,6-7,9,11-12,14,17,19H,2,5,8,10H2,1H3. The first kappa shape index (κ1) is 13.6. The van der Waals surface area contributed by atoms with Crippen LogP contribution in [0.3, 0.4) is 0 Å². The van der Waals surface area contributed by atoms with Gasteiger partial charge < -0.3 is 15.0 Å². The predicted molar refractivity (Wildman–Crippen MR) is 76.0 cm³/mol. The molecule has 0 spiro atoms. The van der Waals surface area contributed by atoms with Crippen LogP contribution in [0.1, 0.15) is 31.4 Å². The lowest BCUT2D eigenvalue weighted by atomic mass is 10.0. The van der Waals surface area contributed by atoms with Gasteiger partial charge in [-0.1, -0.05) is 25.1 Å². The van der Waals surface area contributed by atoms with Gasteiger partial charge in [-0.3, -0.25) is 0 Å². The van der Waals surface area contributed by atoms with E-state index in [4.69, 9.17) is 0 Å².